The topological polar surface area (TPSA) is 109 Å². The Morgan fingerprint density at radius 3 is 2.47 bits per heavy atom. The molecule has 4 rings (SSSR count). The molecule has 2 fully saturated rings. The average molecular weight is 526 g/mol. The maximum absolute atomic E-state index is 13.3. The first-order valence-electron chi connectivity index (χ1n) is 11.7. The summed E-state index contributed by atoms with van der Waals surface area (Å²) in [5, 5.41) is 0. The predicted octanol–water partition coefficient (Wildman–Crippen LogP) is 3.40. The van der Waals surface area contributed by atoms with Gasteiger partial charge in [0.1, 0.15) is 5.82 Å². The molecule has 196 valence electrons. The Balaban J connectivity index is 1.75. The highest BCUT2D eigenvalue weighted by atomic mass is 32.2. The van der Waals surface area contributed by atoms with Gasteiger partial charge in [0.25, 0.3) is 5.91 Å². The van der Waals surface area contributed by atoms with Gasteiger partial charge in [-0.05, 0) is 56.9 Å². The van der Waals surface area contributed by atoms with Crippen LogP contribution in [0.25, 0.3) is 11.3 Å². The van der Waals surface area contributed by atoms with Gasteiger partial charge >= 0.3 is 16.4 Å². The van der Waals surface area contributed by atoms with Crippen LogP contribution in [0.5, 0.6) is 0 Å². The lowest BCUT2D eigenvalue weighted by molar-refractivity contribution is -0.137. The minimum absolute atomic E-state index is 0.0278. The second-order valence-corrected chi connectivity index (χ2v) is 11.7. The van der Waals surface area contributed by atoms with Crippen molar-refractivity contribution in [1.29, 1.82) is 0 Å². The third-order valence-corrected chi connectivity index (χ3v) is 8.75. The monoisotopic (exact) mass is 525 g/mol. The van der Waals surface area contributed by atoms with E-state index in [1.165, 1.54) is 24.3 Å². The van der Waals surface area contributed by atoms with Crippen LogP contribution >= 0.6 is 0 Å². The van der Waals surface area contributed by atoms with Crippen molar-refractivity contribution < 1.29 is 26.4 Å². The zero-order chi connectivity index (χ0) is 26.5. The molecule has 2 aliphatic heterocycles. The Morgan fingerprint density at radius 1 is 1.17 bits per heavy atom. The molecule has 2 saturated heterocycles. The molecule has 3 heterocycles. The van der Waals surface area contributed by atoms with Crippen LogP contribution in [0.2, 0.25) is 0 Å². The molecule has 0 bridgehead atoms. The number of carbonyl (C=O) groups is 1. The van der Waals surface area contributed by atoms with E-state index in [1.807, 2.05) is 18.7 Å². The van der Waals surface area contributed by atoms with E-state index in [2.05, 4.69) is 16.6 Å². The van der Waals surface area contributed by atoms with Crippen LogP contribution in [-0.2, 0) is 16.4 Å². The lowest BCUT2D eigenvalue weighted by atomic mass is 9.90. The van der Waals surface area contributed by atoms with Gasteiger partial charge in [-0.15, -0.1) is 0 Å². The number of pyridine rings is 1. The third kappa shape index (κ3) is 5.07. The Morgan fingerprint density at radius 2 is 1.89 bits per heavy atom. The van der Waals surface area contributed by atoms with Gasteiger partial charge in [0.15, 0.2) is 0 Å². The minimum atomic E-state index is -4.52. The molecule has 1 amide bonds. The van der Waals surface area contributed by atoms with Crippen molar-refractivity contribution in [3.8, 4) is 11.3 Å². The zero-order valence-corrected chi connectivity index (χ0v) is 21.2. The van der Waals surface area contributed by atoms with Gasteiger partial charge in [-0.2, -0.15) is 25.9 Å². The lowest BCUT2D eigenvalue weighted by Crippen LogP contribution is -2.45. The molecule has 2 atom stereocenters. The normalized spacial score (nSPS) is 22.7. The highest BCUT2D eigenvalue weighted by molar-refractivity contribution is 7.87. The summed E-state index contributed by atoms with van der Waals surface area (Å²) in [5.74, 6) is -0.392. The highest BCUT2D eigenvalue weighted by Gasteiger charge is 2.41. The lowest BCUT2D eigenvalue weighted by Gasteiger charge is -2.36. The number of hydrogen-bond donors (Lipinski definition) is 2. The molecule has 0 saturated carbocycles. The number of halogens is 3. The molecular weight excluding hydrogens is 495 g/mol. The standard InChI is InChI=1S/C24H30F3N5O3S/c1-15-9-12-32(23(15,2)3)21-19(22(33)30-36(34,35)31-11-10-18(28)14-31)7-8-20(29-21)16-5-4-6-17(13-16)24(25,26)27/h4-8,13,15,18H,9-12,14,28H2,1-3H3,(H,30,33)/t15?,18-/m0/s1. The minimum Gasteiger partial charge on any atom is -0.351 e. The van der Waals surface area contributed by atoms with Gasteiger partial charge < -0.3 is 10.6 Å². The number of hydrogen-bond acceptors (Lipinski definition) is 6. The molecule has 2 aliphatic rings. The largest absolute Gasteiger partial charge is 0.416 e. The van der Waals surface area contributed by atoms with Crippen molar-refractivity contribution in [3.63, 3.8) is 0 Å². The van der Waals surface area contributed by atoms with Crippen LogP contribution in [0.4, 0.5) is 19.0 Å². The Bertz CT molecular complexity index is 1270. The summed E-state index contributed by atoms with van der Waals surface area (Å²) in [7, 11) is -4.12. The Labute approximate surface area is 208 Å². The fourth-order valence-corrected chi connectivity index (χ4v) is 5.87. The van der Waals surface area contributed by atoms with Crippen molar-refractivity contribution in [1.82, 2.24) is 14.0 Å². The summed E-state index contributed by atoms with van der Waals surface area (Å²) in [6.07, 6.45) is -3.21. The molecule has 12 heteroatoms. The van der Waals surface area contributed by atoms with E-state index in [1.54, 1.807) is 0 Å². The van der Waals surface area contributed by atoms with Crippen LogP contribution in [0.1, 0.15) is 49.5 Å². The molecule has 2 aromatic rings. The summed E-state index contributed by atoms with van der Waals surface area (Å²) in [6, 6.07) is 7.34. The molecule has 36 heavy (non-hydrogen) atoms. The van der Waals surface area contributed by atoms with E-state index in [0.717, 1.165) is 22.9 Å². The van der Waals surface area contributed by atoms with Crippen molar-refractivity contribution in [2.24, 2.45) is 11.7 Å². The Kier molecular flexibility index (Phi) is 6.82. The summed E-state index contributed by atoms with van der Waals surface area (Å²) in [4.78, 5) is 19.8. The maximum Gasteiger partial charge on any atom is 0.416 e. The van der Waals surface area contributed by atoms with Gasteiger partial charge in [0.2, 0.25) is 0 Å². The second-order valence-electron chi connectivity index (χ2n) is 9.98. The predicted molar refractivity (Wildman–Crippen MR) is 130 cm³/mol. The van der Waals surface area contributed by atoms with Crippen LogP contribution < -0.4 is 15.4 Å². The number of nitrogens with two attached hydrogens (primary N) is 1. The molecule has 1 aromatic heterocycles. The van der Waals surface area contributed by atoms with Crippen molar-refractivity contribution in [3.05, 3.63) is 47.5 Å². The molecule has 1 unspecified atom stereocenters. The van der Waals surface area contributed by atoms with E-state index in [4.69, 9.17) is 5.73 Å². The smallest absolute Gasteiger partial charge is 0.351 e. The van der Waals surface area contributed by atoms with Gasteiger partial charge in [0, 0.05) is 36.8 Å². The summed E-state index contributed by atoms with van der Waals surface area (Å²) in [6.45, 7) is 6.93. The molecule has 0 aliphatic carbocycles. The molecule has 8 nitrogen and oxygen atoms in total. The number of rotatable bonds is 5. The Hall–Kier alpha value is -2.70. The second kappa shape index (κ2) is 9.31. The molecule has 1 aromatic carbocycles. The maximum atomic E-state index is 13.3. The van der Waals surface area contributed by atoms with Crippen LogP contribution in [0.3, 0.4) is 0 Å². The fourth-order valence-electron chi connectivity index (χ4n) is 4.66. The number of nitrogens with one attached hydrogen (secondary N) is 1. The number of nitrogens with zero attached hydrogens (tertiary/aromatic N) is 3. The number of amides is 1. The first kappa shape index (κ1) is 26.4. The third-order valence-electron chi connectivity index (χ3n) is 7.30. The fraction of sp³-hybridized carbons (Fsp3) is 0.500. The van der Waals surface area contributed by atoms with E-state index < -0.39 is 33.4 Å². The van der Waals surface area contributed by atoms with Gasteiger partial charge in [-0.25, -0.2) is 9.71 Å². The van der Waals surface area contributed by atoms with Gasteiger partial charge in [0.05, 0.1) is 16.8 Å². The van der Waals surface area contributed by atoms with Crippen molar-refractivity contribution >= 4 is 21.9 Å². The number of benzene rings is 1. The average Bonchev–Trinajstić information content (AvgIpc) is 3.35. The van der Waals surface area contributed by atoms with Crippen LogP contribution in [0, 0.1) is 5.92 Å². The van der Waals surface area contributed by atoms with Gasteiger partial charge in [-0.1, -0.05) is 19.1 Å². The number of aromatic nitrogens is 1. The van der Waals surface area contributed by atoms with Crippen molar-refractivity contribution in [2.75, 3.05) is 24.5 Å². The molecule has 0 spiro atoms. The van der Waals surface area contributed by atoms with E-state index in [-0.39, 0.29) is 47.7 Å². The summed E-state index contributed by atoms with van der Waals surface area (Å²) in [5.41, 5.74) is 5.10. The van der Waals surface area contributed by atoms with Crippen LogP contribution in [0.15, 0.2) is 36.4 Å². The highest BCUT2D eigenvalue weighted by Crippen LogP contribution is 2.40. The summed E-state index contributed by atoms with van der Waals surface area (Å²) >= 11 is 0. The van der Waals surface area contributed by atoms with Gasteiger partial charge in [-0.3, -0.25) is 4.79 Å². The number of anilines is 1. The van der Waals surface area contributed by atoms with E-state index >= 15 is 0 Å². The zero-order valence-electron chi connectivity index (χ0n) is 20.3. The SMILES string of the molecule is CC1CCN(c2nc(-c3cccc(C(F)(F)F)c3)ccc2C(=O)NS(=O)(=O)N2CC[C@H](N)C2)C1(C)C. The number of alkyl halides is 3. The quantitative estimate of drug-likeness (QED) is 0.620. The van der Waals surface area contributed by atoms with E-state index in [0.29, 0.717) is 13.0 Å². The number of carbonyl (C=O) groups excluding carboxylic acids is 1. The molecule has 0 radical (unpaired) electrons. The van der Waals surface area contributed by atoms with E-state index in [9.17, 15) is 26.4 Å². The first-order valence-corrected chi connectivity index (χ1v) is 13.2. The molecule has 3 N–H and O–H groups in total. The first-order chi connectivity index (χ1) is 16.7. The summed E-state index contributed by atoms with van der Waals surface area (Å²) < 4.78 is 68.7. The molecular formula is C24H30F3N5O3S. The van der Waals surface area contributed by atoms with Crippen LogP contribution in [-0.4, -0.2) is 54.8 Å². The van der Waals surface area contributed by atoms with Crippen molar-refractivity contribution in [2.45, 2.75) is 51.4 Å².